The second kappa shape index (κ2) is 5.03. The lowest BCUT2D eigenvalue weighted by Gasteiger charge is -2.09. The molecule has 0 unspecified atom stereocenters. The molecule has 1 fully saturated rings. The lowest BCUT2D eigenvalue weighted by atomic mass is 10.1. The number of benzene rings is 2. The number of halogens is 1. The Balaban J connectivity index is 1.69. The lowest BCUT2D eigenvalue weighted by Crippen LogP contribution is -2.00. The molecule has 0 radical (unpaired) electrons. The van der Waals surface area contributed by atoms with Gasteiger partial charge in [0, 0.05) is 6.54 Å². The normalized spacial score (nSPS) is 14.5. The molecule has 2 heteroatoms. The Hall–Kier alpha value is -1.47. The summed E-state index contributed by atoms with van der Waals surface area (Å²) in [6.07, 6.45) is 2.70. The molecule has 18 heavy (non-hydrogen) atoms. The van der Waals surface area contributed by atoms with Crippen molar-refractivity contribution >= 4 is 17.3 Å². The van der Waals surface area contributed by atoms with Crippen LogP contribution in [-0.4, -0.2) is 0 Å². The maximum atomic E-state index is 6.12. The second-order valence-electron chi connectivity index (χ2n) is 4.85. The van der Waals surface area contributed by atoms with E-state index in [1.165, 1.54) is 24.0 Å². The molecule has 3 rings (SSSR count). The highest BCUT2D eigenvalue weighted by Crippen LogP contribution is 2.40. The Kier molecular flexibility index (Phi) is 3.24. The van der Waals surface area contributed by atoms with Gasteiger partial charge in [-0.25, -0.2) is 0 Å². The zero-order chi connectivity index (χ0) is 12.4. The van der Waals surface area contributed by atoms with Gasteiger partial charge in [-0.2, -0.15) is 0 Å². The molecule has 1 aliphatic rings. The second-order valence-corrected chi connectivity index (χ2v) is 5.26. The molecule has 0 heterocycles. The van der Waals surface area contributed by atoms with Gasteiger partial charge in [0.15, 0.2) is 0 Å². The van der Waals surface area contributed by atoms with Crippen LogP contribution in [0, 0.1) is 0 Å². The number of rotatable bonds is 4. The first-order valence-electron chi connectivity index (χ1n) is 6.40. The smallest absolute Gasteiger partial charge is 0.0637 e. The van der Waals surface area contributed by atoms with Crippen molar-refractivity contribution in [3.63, 3.8) is 0 Å². The molecule has 1 nitrogen and oxygen atoms in total. The van der Waals surface area contributed by atoms with E-state index in [0.29, 0.717) is 0 Å². The molecule has 2 aromatic carbocycles. The van der Waals surface area contributed by atoms with Crippen LogP contribution in [0.1, 0.15) is 29.9 Å². The fraction of sp³-hybridized carbons (Fsp3) is 0.250. The molecule has 0 bridgehead atoms. The molecule has 92 valence electrons. The van der Waals surface area contributed by atoms with Crippen molar-refractivity contribution in [3.8, 4) is 0 Å². The fourth-order valence-electron chi connectivity index (χ4n) is 2.18. The summed E-state index contributed by atoms with van der Waals surface area (Å²) in [6.45, 7) is 0.824. The van der Waals surface area contributed by atoms with Crippen LogP contribution in [0.4, 0.5) is 5.69 Å². The van der Waals surface area contributed by atoms with Gasteiger partial charge in [0.05, 0.1) is 10.7 Å². The van der Waals surface area contributed by atoms with E-state index in [4.69, 9.17) is 11.6 Å². The largest absolute Gasteiger partial charge is 0.380 e. The van der Waals surface area contributed by atoms with E-state index in [-0.39, 0.29) is 0 Å². The molecule has 0 aromatic heterocycles. The molecule has 0 aliphatic heterocycles. The minimum atomic E-state index is 0.774. The van der Waals surface area contributed by atoms with Crippen molar-refractivity contribution in [1.29, 1.82) is 0 Å². The van der Waals surface area contributed by atoms with Crippen LogP contribution in [0.3, 0.4) is 0 Å². The van der Waals surface area contributed by atoms with Gasteiger partial charge in [-0.15, -0.1) is 0 Å². The summed E-state index contributed by atoms with van der Waals surface area (Å²) in [5.74, 6) is 0.810. The monoisotopic (exact) mass is 257 g/mol. The summed E-state index contributed by atoms with van der Waals surface area (Å²) in [7, 11) is 0. The summed E-state index contributed by atoms with van der Waals surface area (Å²) in [5.41, 5.74) is 3.80. The first-order chi connectivity index (χ1) is 8.83. The average Bonchev–Trinajstić information content (AvgIpc) is 3.23. The van der Waals surface area contributed by atoms with Crippen molar-refractivity contribution in [2.45, 2.75) is 25.3 Å². The van der Waals surface area contributed by atoms with E-state index in [0.717, 1.165) is 23.2 Å². The Morgan fingerprint density at radius 1 is 1.06 bits per heavy atom. The molecule has 2 aromatic rings. The van der Waals surface area contributed by atoms with Gasteiger partial charge in [0.2, 0.25) is 0 Å². The van der Waals surface area contributed by atoms with Gasteiger partial charge in [-0.1, -0.05) is 48.0 Å². The van der Waals surface area contributed by atoms with Gasteiger partial charge in [0.25, 0.3) is 0 Å². The quantitative estimate of drug-likeness (QED) is 0.827. The summed E-state index contributed by atoms with van der Waals surface area (Å²) in [5, 5.41) is 4.16. The Bertz CT molecular complexity index is 546. The molecule has 1 aliphatic carbocycles. The predicted octanol–water partition coefficient (Wildman–Crippen LogP) is 4.83. The average molecular weight is 258 g/mol. The van der Waals surface area contributed by atoms with E-state index in [9.17, 15) is 0 Å². The summed E-state index contributed by atoms with van der Waals surface area (Å²) in [6, 6.07) is 16.7. The van der Waals surface area contributed by atoms with Crippen molar-refractivity contribution in [2.24, 2.45) is 0 Å². The minimum Gasteiger partial charge on any atom is -0.380 e. The van der Waals surface area contributed by atoms with Gasteiger partial charge < -0.3 is 5.32 Å². The Morgan fingerprint density at radius 3 is 2.67 bits per heavy atom. The number of hydrogen-bond donors (Lipinski definition) is 1. The third-order valence-corrected chi connectivity index (χ3v) is 3.69. The van der Waals surface area contributed by atoms with Crippen LogP contribution in [0.25, 0.3) is 0 Å². The Morgan fingerprint density at radius 2 is 1.89 bits per heavy atom. The SMILES string of the molecule is Clc1ccccc1NCc1cccc(C2CC2)c1. The highest BCUT2D eigenvalue weighted by Gasteiger charge is 2.23. The van der Waals surface area contributed by atoms with Crippen LogP contribution in [0.2, 0.25) is 5.02 Å². The Labute approximate surface area is 113 Å². The third-order valence-electron chi connectivity index (χ3n) is 3.36. The van der Waals surface area contributed by atoms with E-state index in [2.05, 4.69) is 29.6 Å². The van der Waals surface area contributed by atoms with Crippen molar-refractivity contribution in [2.75, 3.05) is 5.32 Å². The highest BCUT2D eigenvalue weighted by atomic mass is 35.5. The predicted molar refractivity (Wildman–Crippen MR) is 77.2 cm³/mol. The van der Waals surface area contributed by atoms with Crippen LogP contribution >= 0.6 is 11.6 Å². The lowest BCUT2D eigenvalue weighted by molar-refractivity contribution is 1.09. The summed E-state index contributed by atoms with van der Waals surface area (Å²) in [4.78, 5) is 0. The first-order valence-corrected chi connectivity index (χ1v) is 6.78. The molecule has 0 saturated heterocycles. The molecule has 0 atom stereocenters. The van der Waals surface area contributed by atoms with Crippen molar-refractivity contribution in [3.05, 3.63) is 64.7 Å². The topological polar surface area (TPSA) is 12.0 Å². The zero-order valence-electron chi connectivity index (χ0n) is 10.2. The van der Waals surface area contributed by atoms with Crippen molar-refractivity contribution in [1.82, 2.24) is 0 Å². The number of hydrogen-bond acceptors (Lipinski definition) is 1. The number of anilines is 1. The van der Waals surface area contributed by atoms with Crippen LogP contribution < -0.4 is 5.32 Å². The maximum Gasteiger partial charge on any atom is 0.0637 e. The summed E-state index contributed by atoms with van der Waals surface area (Å²) < 4.78 is 0. The van der Waals surface area contributed by atoms with Crippen LogP contribution in [0.15, 0.2) is 48.5 Å². The van der Waals surface area contributed by atoms with Gasteiger partial charge >= 0.3 is 0 Å². The molecular weight excluding hydrogens is 242 g/mol. The van der Waals surface area contributed by atoms with Crippen LogP contribution in [0.5, 0.6) is 0 Å². The minimum absolute atomic E-state index is 0.774. The highest BCUT2D eigenvalue weighted by molar-refractivity contribution is 6.33. The first kappa shape index (κ1) is 11.6. The molecule has 0 spiro atoms. The molecule has 1 saturated carbocycles. The third kappa shape index (κ3) is 2.68. The molecule has 0 amide bonds. The van der Waals surface area contributed by atoms with E-state index in [1.54, 1.807) is 0 Å². The van der Waals surface area contributed by atoms with Gasteiger partial charge in [0.1, 0.15) is 0 Å². The van der Waals surface area contributed by atoms with E-state index in [1.807, 2.05) is 24.3 Å². The molecule has 1 N–H and O–H groups in total. The number of nitrogens with one attached hydrogen (secondary N) is 1. The van der Waals surface area contributed by atoms with E-state index < -0.39 is 0 Å². The van der Waals surface area contributed by atoms with Gasteiger partial charge in [-0.3, -0.25) is 0 Å². The number of para-hydroxylation sites is 1. The van der Waals surface area contributed by atoms with Crippen LogP contribution in [-0.2, 0) is 6.54 Å². The molecular formula is C16H16ClN. The maximum absolute atomic E-state index is 6.12. The fourth-order valence-corrected chi connectivity index (χ4v) is 2.38. The van der Waals surface area contributed by atoms with Crippen molar-refractivity contribution < 1.29 is 0 Å². The zero-order valence-corrected chi connectivity index (χ0v) is 11.0. The standard InChI is InChI=1S/C16H16ClN/c17-15-6-1-2-7-16(15)18-11-12-4-3-5-14(10-12)13-8-9-13/h1-7,10,13,18H,8-9,11H2. The summed E-state index contributed by atoms with van der Waals surface area (Å²) >= 11 is 6.12. The van der Waals surface area contributed by atoms with E-state index >= 15 is 0 Å². The van der Waals surface area contributed by atoms with Gasteiger partial charge in [-0.05, 0) is 42.0 Å².